The highest BCUT2D eigenvalue weighted by molar-refractivity contribution is 5.46. The molecule has 0 atom stereocenters. The largest absolute Gasteiger partial charge is 0.354 e. The van der Waals surface area contributed by atoms with Crippen molar-refractivity contribution in [1.29, 1.82) is 0 Å². The van der Waals surface area contributed by atoms with Gasteiger partial charge in [0.25, 0.3) is 0 Å². The van der Waals surface area contributed by atoms with E-state index in [1.807, 2.05) is 16.9 Å². The Balaban J connectivity index is 1.31. The lowest BCUT2D eigenvalue weighted by atomic mass is 9.85. The fraction of sp³-hybridized carbons (Fsp3) is 0.500. The van der Waals surface area contributed by atoms with Crippen molar-refractivity contribution >= 4 is 11.5 Å². The van der Waals surface area contributed by atoms with Crippen LogP contribution in [0.2, 0.25) is 0 Å². The summed E-state index contributed by atoms with van der Waals surface area (Å²) >= 11 is 0. The van der Waals surface area contributed by atoms with Gasteiger partial charge in [-0.05, 0) is 49.1 Å². The van der Waals surface area contributed by atoms with E-state index in [1.165, 1.54) is 24.8 Å². The van der Waals surface area contributed by atoms with Gasteiger partial charge in [0.1, 0.15) is 5.82 Å². The van der Waals surface area contributed by atoms with Gasteiger partial charge in [-0.3, -0.25) is 9.88 Å². The number of hydrogen-bond acceptors (Lipinski definition) is 6. The topological polar surface area (TPSA) is 62.5 Å². The van der Waals surface area contributed by atoms with Gasteiger partial charge in [-0.15, -0.1) is 15.3 Å². The first kappa shape index (κ1) is 16.6. The first-order chi connectivity index (χ1) is 13.4. The molecule has 7 heteroatoms. The van der Waals surface area contributed by atoms with Crippen molar-refractivity contribution in [2.75, 3.05) is 31.1 Å². The summed E-state index contributed by atoms with van der Waals surface area (Å²) in [4.78, 5) is 9.03. The average Bonchev–Trinajstić information content (AvgIpc) is 2.91. The molecule has 7 nitrogen and oxygen atoms in total. The summed E-state index contributed by atoms with van der Waals surface area (Å²) in [5.41, 5.74) is 2.18. The van der Waals surface area contributed by atoms with E-state index in [0.717, 1.165) is 56.4 Å². The van der Waals surface area contributed by atoms with E-state index in [9.17, 15) is 0 Å². The molecule has 0 N–H and O–H groups in total. The Morgan fingerprint density at radius 2 is 1.78 bits per heavy atom. The maximum Gasteiger partial charge on any atom is 0.178 e. The fourth-order valence-corrected chi connectivity index (χ4v) is 3.99. The Kier molecular flexibility index (Phi) is 4.45. The lowest BCUT2D eigenvalue weighted by Crippen LogP contribution is -2.31. The van der Waals surface area contributed by atoms with E-state index < -0.39 is 0 Å². The Morgan fingerprint density at radius 1 is 0.889 bits per heavy atom. The predicted octanol–water partition coefficient (Wildman–Crippen LogP) is 2.50. The van der Waals surface area contributed by atoms with Gasteiger partial charge in [-0.2, -0.15) is 4.52 Å². The molecule has 0 radical (unpaired) electrons. The number of hydrogen-bond donors (Lipinski definition) is 0. The minimum atomic E-state index is 0.530. The standard InChI is InChI=1S/C20H25N7/c1-3-17(4-1)20-23-22-18-5-6-19(24-27(18)20)26-12-2-11-25(13-14-26)15-16-7-9-21-10-8-16/h5-10,17H,1-4,11-15H2. The Labute approximate surface area is 159 Å². The SMILES string of the molecule is c1cc(CN2CCCN(c3ccc4nnc(C5CCC5)n4n3)CC2)ccn1. The van der Waals surface area contributed by atoms with E-state index in [2.05, 4.69) is 49.2 Å². The molecule has 1 saturated heterocycles. The molecule has 0 amide bonds. The summed E-state index contributed by atoms with van der Waals surface area (Å²) in [6.07, 6.45) is 8.59. The number of fused-ring (bicyclic) bond motifs is 1. The molecule has 0 bridgehead atoms. The van der Waals surface area contributed by atoms with Crippen LogP contribution < -0.4 is 4.90 Å². The first-order valence-corrected chi connectivity index (χ1v) is 9.95. The summed E-state index contributed by atoms with van der Waals surface area (Å²) in [7, 11) is 0. The molecule has 5 rings (SSSR count). The molecule has 1 aliphatic heterocycles. The molecular weight excluding hydrogens is 338 g/mol. The molecule has 1 aliphatic carbocycles. The number of nitrogens with zero attached hydrogens (tertiary/aromatic N) is 7. The maximum atomic E-state index is 4.90. The monoisotopic (exact) mass is 363 g/mol. The zero-order chi connectivity index (χ0) is 18.1. The second-order valence-electron chi connectivity index (χ2n) is 7.62. The molecule has 0 aromatic carbocycles. The second-order valence-corrected chi connectivity index (χ2v) is 7.62. The fourth-order valence-electron chi connectivity index (χ4n) is 3.99. The van der Waals surface area contributed by atoms with Gasteiger partial charge >= 0.3 is 0 Å². The highest BCUT2D eigenvalue weighted by Crippen LogP contribution is 2.35. The zero-order valence-corrected chi connectivity index (χ0v) is 15.5. The van der Waals surface area contributed by atoms with E-state index in [-0.39, 0.29) is 0 Å². The number of rotatable bonds is 4. The van der Waals surface area contributed by atoms with E-state index in [4.69, 9.17) is 5.10 Å². The van der Waals surface area contributed by atoms with Crippen molar-refractivity contribution in [3.63, 3.8) is 0 Å². The molecule has 3 aromatic rings. The molecule has 3 aromatic heterocycles. The van der Waals surface area contributed by atoms with Crippen LogP contribution in [0.15, 0.2) is 36.7 Å². The highest BCUT2D eigenvalue weighted by atomic mass is 15.4. The Hall–Kier alpha value is -2.54. The molecule has 27 heavy (non-hydrogen) atoms. The lowest BCUT2D eigenvalue weighted by Gasteiger charge is -2.24. The summed E-state index contributed by atoms with van der Waals surface area (Å²) in [6, 6.07) is 8.35. The van der Waals surface area contributed by atoms with Crippen LogP contribution in [0.1, 0.15) is 43.0 Å². The summed E-state index contributed by atoms with van der Waals surface area (Å²) < 4.78 is 1.97. The van der Waals surface area contributed by atoms with Crippen molar-refractivity contribution in [3.8, 4) is 0 Å². The third-order valence-electron chi connectivity index (χ3n) is 5.81. The smallest absolute Gasteiger partial charge is 0.178 e. The van der Waals surface area contributed by atoms with Crippen molar-refractivity contribution in [2.24, 2.45) is 0 Å². The van der Waals surface area contributed by atoms with Crippen molar-refractivity contribution in [2.45, 2.75) is 38.1 Å². The van der Waals surface area contributed by atoms with Crippen LogP contribution in [0.5, 0.6) is 0 Å². The van der Waals surface area contributed by atoms with Crippen LogP contribution >= 0.6 is 0 Å². The third-order valence-corrected chi connectivity index (χ3v) is 5.81. The van der Waals surface area contributed by atoms with Gasteiger partial charge < -0.3 is 4.90 Å². The zero-order valence-electron chi connectivity index (χ0n) is 15.5. The second kappa shape index (κ2) is 7.23. The van der Waals surface area contributed by atoms with Gasteiger partial charge in [-0.25, -0.2) is 0 Å². The summed E-state index contributed by atoms with van der Waals surface area (Å²) in [5, 5.41) is 13.6. The van der Waals surface area contributed by atoms with Gasteiger partial charge in [-0.1, -0.05) is 6.42 Å². The Morgan fingerprint density at radius 3 is 2.59 bits per heavy atom. The molecule has 2 fully saturated rings. The molecule has 1 saturated carbocycles. The van der Waals surface area contributed by atoms with Crippen LogP contribution in [0.3, 0.4) is 0 Å². The minimum absolute atomic E-state index is 0.530. The molecule has 4 heterocycles. The van der Waals surface area contributed by atoms with E-state index >= 15 is 0 Å². The van der Waals surface area contributed by atoms with Crippen LogP contribution in [0, 0.1) is 0 Å². The van der Waals surface area contributed by atoms with Crippen molar-refractivity contribution < 1.29 is 0 Å². The maximum absolute atomic E-state index is 4.90. The van der Waals surface area contributed by atoms with Gasteiger partial charge in [0.2, 0.25) is 0 Å². The number of anilines is 1. The van der Waals surface area contributed by atoms with E-state index in [0.29, 0.717) is 5.92 Å². The molecular formula is C20H25N7. The number of pyridine rings is 1. The Bertz CT molecular complexity index is 903. The highest BCUT2D eigenvalue weighted by Gasteiger charge is 2.26. The van der Waals surface area contributed by atoms with Crippen molar-refractivity contribution in [3.05, 3.63) is 48.0 Å². The molecule has 0 unspecified atom stereocenters. The van der Waals surface area contributed by atoms with Gasteiger partial charge in [0.05, 0.1) is 0 Å². The van der Waals surface area contributed by atoms with Crippen LogP contribution in [-0.2, 0) is 6.54 Å². The average molecular weight is 363 g/mol. The minimum Gasteiger partial charge on any atom is -0.354 e. The lowest BCUT2D eigenvalue weighted by molar-refractivity contribution is 0.285. The molecule has 2 aliphatic rings. The third kappa shape index (κ3) is 3.39. The van der Waals surface area contributed by atoms with Crippen LogP contribution in [0.4, 0.5) is 5.82 Å². The van der Waals surface area contributed by atoms with E-state index in [1.54, 1.807) is 0 Å². The van der Waals surface area contributed by atoms with Crippen LogP contribution in [0.25, 0.3) is 5.65 Å². The number of aromatic nitrogens is 5. The van der Waals surface area contributed by atoms with Crippen LogP contribution in [-0.4, -0.2) is 55.9 Å². The first-order valence-electron chi connectivity index (χ1n) is 9.95. The normalized spacial score (nSPS) is 19.2. The summed E-state index contributed by atoms with van der Waals surface area (Å²) in [5.74, 6) is 2.60. The van der Waals surface area contributed by atoms with Gasteiger partial charge in [0.15, 0.2) is 11.5 Å². The van der Waals surface area contributed by atoms with Gasteiger partial charge in [0, 0.05) is 51.0 Å². The molecule has 140 valence electrons. The predicted molar refractivity (Wildman–Crippen MR) is 104 cm³/mol. The molecule has 0 spiro atoms. The quantitative estimate of drug-likeness (QED) is 0.710. The summed E-state index contributed by atoms with van der Waals surface area (Å²) in [6.45, 7) is 5.16. The van der Waals surface area contributed by atoms with Crippen molar-refractivity contribution in [1.82, 2.24) is 29.7 Å².